The van der Waals surface area contributed by atoms with E-state index >= 15 is 0 Å². The molecular formula is C6H14N2O. The number of hydrogen-bond donors (Lipinski definition) is 1. The van der Waals surface area contributed by atoms with Crippen LogP contribution in [0.15, 0.2) is 0 Å². The molecule has 3 heteroatoms. The molecule has 0 aliphatic carbocycles. The monoisotopic (exact) mass is 130 g/mol. The van der Waals surface area contributed by atoms with Crippen molar-refractivity contribution in [3.8, 4) is 0 Å². The van der Waals surface area contributed by atoms with Gasteiger partial charge in [0.15, 0.2) is 0 Å². The second kappa shape index (κ2) is 4.32. The Morgan fingerprint density at radius 1 is 1.56 bits per heavy atom. The molecule has 0 saturated heterocycles. The average Bonchev–Trinajstić information content (AvgIpc) is 1.82. The number of rotatable bonds is 3. The molecular weight excluding hydrogens is 116 g/mol. The van der Waals surface area contributed by atoms with Gasteiger partial charge in [-0.05, 0) is 6.92 Å². The molecule has 0 bridgehead atoms. The first-order valence-corrected chi connectivity index (χ1v) is 3.24. The molecule has 0 aliphatic rings. The third-order valence-electron chi connectivity index (χ3n) is 1.05. The zero-order chi connectivity index (χ0) is 7.28. The molecule has 1 amide bonds. The molecule has 0 aromatic rings. The van der Waals surface area contributed by atoms with Crippen LogP contribution in [0.4, 0.5) is 0 Å². The lowest BCUT2D eigenvalue weighted by Crippen LogP contribution is -2.40. The summed E-state index contributed by atoms with van der Waals surface area (Å²) >= 11 is 0. The zero-order valence-corrected chi connectivity index (χ0v) is 6.27. The summed E-state index contributed by atoms with van der Waals surface area (Å²) < 4.78 is 0. The van der Waals surface area contributed by atoms with Crippen molar-refractivity contribution in [3.63, 3.8) is 0 Å². The van der Waals surface area contributed by atoms with Crippen LogP contribution < -0.4 is 5.43 Å². The Balaban J connectivity index is 3.54. The average molecular weight is 130 g/mol. The lowest BCUT2D eigenvalue weighted by molar-refractivity contribution is -0.131. The summed E-state index contributed by atoms with van der Waals surface area (Å²) in [7, 11) is 0. The van der Waals surface area contributed by atoms with Crippen LogP contribution in [0.1, 0.15) is 20.8 Å². The Morgan fingerprint density at radius 3 is 2.22 bits per heavy atom. The van der Waals surface area contributed by atoms with Gasteiger partial charge in [-0.15, -0.1) is 0 Å². The maximum absolute atomic E-state index is 10.6. The second-order valence-electron chi connectivity index (χ2n) is 1.77. The van der Waals surface area contributed by atoms with Gasteiger partial charge >= 0.3 is 0 Å². The van der Waals surface area contributed by atoms with E-state index in [1.165, 1.54) is 0 Å². The number of carbonyl (C=O) groups excluding carboxylic acids is 1. The number of nitrogens with one attached hydrogen (secondary N) is 1. The second-order valence-corrected chi connectivity index (χ2v) is 1.77. The summed E-state index contributed by atoms with van der Waals surface area (Å²) in [4.78, 5) is 10.6. The van der Waals surface area contributed by atoms with E-state index in [2.05, 4.69) is 5.43 Å². The number of amides is 1. The van der Waals surface area contributed by atoms with Gasteiger partial charge in [0.2, 0.25) is 5.91 Å². The molecule has 0 atom stereocenters. The third kappa shape index (κ3) is 3.08. The van der Waals surface area contributed by atoms with Crippen LogP contribution in [0, 0.1) is 0 Å². The van der Waals surface area contributed by atoms with Crippen molar-refractivity contribution in [3.05, 3.63) is 0 Å². The predicted octanol–water partition coefficient (Wildman–Crippen LogP) is 0.379. The normalized spacial score (nSPS) is 9.22. The zero-order valence-electron chi connectivity index (χ0n) is 6.27. The van der Waals surface area contributed by atoms with Gasteiger partial charge in [0.1, 0.15) is 0 Å². The first kappa shape index (κ1) is 8.43. The number of hydrogen-bond acceptors (Lipinski definition) is 2. The van der Waals surface area contributed by atoms with Crippen LogP contribution in [0.5, 0.6) is 0 Å². The molecule has 0 fully saturated rings. The van der Waals surface area contributed by atoms with Gasteiger partial charge in [-0.25, -0.2) is 5.43 Å². The Bertz CT molecular complexity index is 93.1. The molecule has 0 spiro atoms. The van der Waals surface area contributed by atoms with Gasteiger partial charge in [0.25, 0.3) is 0 Å². The molecule has 0 radical (unpaired) electrons. The predicted molar refractivity (Wildman–Crippen MR) is 36.7 cm³/mol. The van der Waals surface area contributed by atoms with Crippen molar-refractivity contribution in [2.45, 2.75) is 20.8 Å². The van der Waals surface area contributed by atoms with Crippen LogP contribution in [0.25, 0.3) is 0 Å². The Labute approximate surface area is 56.0 Å². The highest BCUT2D eigenvalue weighted by Gasteiger charge is 2.00. The van der Waals surface area contributed by atoms with Crippen LogP contribution >= 0.6 is 0 Å². The third-order valence-corrected chi connectivity index (χ3v) is 1.05. The minimum Gasteiger partial charge on any atom is -0.279 e. The SMILES string of the molecule is CCNN(CC)C(C)=O. The topological polar surface area (TPSA) is 32.3 Å². The van der Waals surface area contributed by atoms with Crippen LogP contribution in [-0.4, -0.2) is 24.0 Å². The van der Waals surface area contributed by atoms with E-state index in [0.29, 0.717) is 0 Å². The van der Waals surface area contributed by atoms with Gasteiger partial charge in [-0.2, -0.15) is 0 Å². The maximum Gasteiger partial charge on any atom is 0.233 e. The van der Waals surface area contributed by atoms with Gasteiger partial charge < -0.3 is 0 Å². The van der Waals surface area contributed by atoms with E-state index in [4.69, 9.17) is 0 Å². The maximum atomic E-state index is 10.6. The Kier molecular flexibility index (Phi) is 4.05. The van der Waals surface area contributed by atoms with Crippen molar-refractivity contribution in [1.82, 2.24) is 10.4 Å². The minimum atomic E-state index is 0.0688. The minimum absolute atomic E-state index is 0.0688. The molecule has 0 saturated carbocycles. The fourth-order valence-corrected chi connectivity index (χ4v) is 0.637. The van der Waals surface area contributed by atoms with E-state index in [1.54, 1.807) is 11.9 Å². The molecule has 1 N–H and O–H groups in total. The summed E-state index contributed by atoms with van der Waals surface area (Å²) in [6.07, 6.45) is 0. The molecule has 0 aromatic heterocycles. The van der Waals surface area contributed by atoms with Crippen molar-refractivity contribution >= 4 is 5.91 Å². The molecule has 3 nitrogen and oxygen atoms in total. The van der Waals surface area contributed by atoms with E-state index in [9.17, 15) is 4.79 Å². The quantitative estimate of drug-likeness (QED) is 0.560. The summed E-state index contributed by atoms with van der Waals surface area (Å²) in [6, 6.07) is 0. The molecule has 9 heavy (non-hydrogen) atoms. The summed E-state index contributed by atoms with van der Waals surface area (Å²) in [5.74, 6) is 0.0688. The van der Waals surface area contributed by atoms with Gasteiger partial charge in [0.05, 0.1) is 0 Å². The molecule has 0 aliphatic heterocycles. The van der Waals surface area contributed by atoms with E-state index in [1.807, 2.05) is 13.8 Å². The molecule has 0 aromatic carbocycles. The highest BCUT2D eigenvalue weighted by Crippen LogP contribution is 1.80. The lowest BCUT2D eigenvalue weighted by Gasteiger charge is -2.18. The van der Waals surface area contributed by atoms with Gasteiger partial charge in [-0.1, -0.05) is 6.92 Å². The van der Waals surface area contributed by atoms with Crippen molar-refractivity contribution in [1.29, 1.82) is 0 Å². The number of hydrazine groups is 1. The van der Waals surface area contributed by atoms with Crippen LogP contribution in [0.3, 0.4) is 0 Å². The van der Waals surface area contributed by atoms with Crippen LogP contribution in [0.2, 0.25) is 0 Å². The Hall–Kier alpha value is -0.570. The molecule has 0 heterocycles. The molecule has 54 valence electrons. The lowest BCUT2D eigenvalue weighted by atomic mass is 10.6. The van der Waals surface area contributed by atoms with Crippen LogP contribution in [-0.2, 0) is 4.79 Å². The molecule has 0 rings (SSSR count). The van der Waals surface area contributed by atoms with Gasteiger partial charge in [-0.3, -0.25) is 9.80 Å². The number of nitrogens with zero attached hydrogens (tertiary/aromatic N) is 1. The highest BCUT2D eigenvalue weighted by atomic mass is 16.2. The first-order chi connectivity index (χ1) is 4.22. The summed E-state index contributed by atoms with van der Waals surface area (Å²) in [6.45, 7) is 6.97. The van der Waals surface area contributed by atoms with E-state index < -0.39 is 0 Å². The molecule has 0 unspecified atom stereocenters. The fourth-order valence-electron chi connectivity index (χ4n) is 0.637. The number of carbonyl (C=O) groups is 1. The smallest absolute Gasteiger partial charge is 0.233 e. The largest absolute Gasteiger partial charge is 0.279 e. The van der Waals surface area contributed by atoms with Gasteiger partial charge in [0, 0.05) is 20.0 Å². The van der Waals surface area contributed by atoms with E-state index in [0.717, 1.165) is 13.1 Å². The summed E-state index contributed by atoms with van der Waals surface area (Å²) in [5, 5.41) is 1.58. The fraction of sp³-hybridized carbons (Fsp3) is 0.833. The Morgan fingerprint density at radius 2 is 2.11 bits per heavy atom. The summed E-state index contributed by atoms with van der Waals surface area (Å²) in [5.41, 5.74) is 2.92. The van der Waals surface area contributed by atoms with E-state index in [-0.39, 0.29) is 5.91 Å². The highest BCUT2D eigenvalue weighted by molar-refractivity contribution is 5.72. The first-order valence-electron chi connectivity index (χ1n) is 3.24. The van der Waals surface area contributed by atoms with Crippen molar-refractivity contribution in [2.75, 3.05) is 13.1 Å². The van der Waals surface area contributed by atoms with Crippen molar-refractivity contribution < 1.29 is 4.79 Å². The van der Waals surface area contributed by atoms with Crippen molar-refractivity contribution in [2.24, 2.45) is 0 Å². The standard InChI is InChI=1S/C6H14N2O/c1-4-7-8(5-2)6(3)9/h7H,4-5H2,1-3H3.